The molecule has 1 nitrogen and oxygen atoms in total. The van der Waals surface area contributed by atoms with Crippen molar-refractivity contribution in [3.05, 3.63) is 0 Å². The van der Waals surface area contributed by atoms with Crippen molar-refractivity contribution in [2.75, 3.05) is 0 Å². The van der Waals surface area contributed by atoms with Crippen LogP contribution in [0, 0.1) is 5.41 Å². The second kappa shape index (κ2) is 2.62. The first-order valence-corrected chi connectivity index (χ1v) is 3.49. The molecule has 0 aromatic rings. The zero-order chi connectivity index (χ0) is 6.78. The van der Waals surface area contributed by atoms with Gasteiger partial charge in [-0.2, -0.15) is 0 Å². The van der Waals surface area contributed by atoms with Gasteiger partial charge in [0, 0.05) is 0 Å². The molecule has 2 heteroatoms. The second-order valence-electron chi connectivity index (χ2n) is 2.90. The normalized spacial score (nSPS) is 15.5. The van der Waals surface area contributed by atoms with E-state index in [-0.39, 0.29) is 10.2 Å². The summed E-state index contributed by atoms with van der Waals surface area (Å²) in [6, 6.07) is 0. The zero-order valence-electron chi connectivity index (χ0n) is 5.44. The van der Waals surface area contributed by atoms with E-state index in [1.54, 1.807) is 0 Å². The molecule has 8 heavy (non-hydrogen) atoms. The fraction of sp³-hybridized carbons (Fsp3) is 0.833. The van der Waals surface area contributed by atoms with Crippen molar-refractivity contribution in [1.29, 1.82) is 0 Å². The van der Waals surface area contributed by atoms with Crippen LogP contribution in [-0.4, -0.2) is 11.1 Å². The van der Waals surface area contributed by atoms with E-state index in [1.807, 2.05) is 20.8 Å². The lowest BCUT2D eigenvalue weighted by Gasteiger charge is -2.19. The van der Waals surface area contributed by atoms with Crippen LogP contribution in [-0.2, 0) is 4.79 Å². The lowest BCUT2D eigenvalue weighted by molar-refractivity contribution is -0.108. The van der Waals surface area contributed by atoms with E-state index in [2.05, 4.69) is 15.9 Å². The van der Waals surface area contributed by atoms with Gasteiger partial charge in [0.25, 0.3) is 0 Å². The highest BCUT2D eigenvalue weighted by Gasteiger charge is 2.20. The first kappa shape index (κ1) is 8.15. The topological polar surface area (TPSA) is 17.1 Å². The van der Waals surface area contributed by atoms with E-state index in [4.69, 9.17) is 0 Å². The molecule has 0 aliphatic carbocycles. The van der Waals surface area contributed by atoms with Crippen molar-refractivity contribution in [1.82, 2.24) is 0 Å². The van der Waals surface area contributed by atoms with E-state index in [0.717, 1.165) is 6.29 Å². The van der Waals surface area contributed by atoms with Crippen molar-refractivity contribution in [3.63, 3.8) is 0 Å². The number of carbonyl (C=O) groups is 1. The van der Waals surface area contributed by atoms with E-state index in [1.165, 1.54) is 0 Å². The summed E-state index contributed by atoms with van der Waals surface area (Å²) < 4.78 is 0. The lowest BCUT2D eigenvalue weighted by atomic mass is 9.93. The highest BCUT2D eigenvalue weighted by Crippen LogP contribution is 2.23. The number of rotatable bonds is 1. The maximum atomic E-state index is 10.1. The molecule has 0 bridgehead atoms. The van der Waals surface area contributed by atoms with Crippen molar-refractivity contribution in [2.24, 2.45) is 5.41 Å². The molecule has 0 aromatic heterocycles. The Bertz CT molecular complexity index is 83.0. The molecule has 48 valence electrons. The summed E-state index contributed by atoms with van der Waals surface area (Å²) in [5.41, 5.74) is 0.0573. The van der Waals surface area contributed by atoms with Gasteiger partial charge in [-0.15, -0.1) is 0 Å². The summed E-state index contributed by atoms with van der Waals surface area (Å²) in [4.78, 5) is 10.1. The average Bonchev–Trinajstić information content (AvgIpc) is 1.62. The summed E-state index contributed by atoms with van der Waals surface area (Å²) in [5.74, 6) is 0. The van der Waals surface area contributed by atoms with Gasteiger partial charge < -0.3 is 4.79 Å². The molecule has 0 aliphatic rings. The van der Waals surface area contributed by atoms with Crippen molar-refractivity contribution >= 4 is 22.2 Å². The predicted octanol–water partition coefficient (Wildman–Crippen LogP) is 1.99. The van der Waals surface area contributed by atoms with Crippen LogP contribution < -0.4 is 0 Å². The standard InChI is InChI=1S/C6H11BrO/c1-6(2,3)5(7)4-8/h4-5H,1-3H3/t5-/m1/s1. The Morgan fingerprint density at radius 2 is 1.88 bits per heavy atom. The van der Waals surface area contributed by atoms with Gasteiger partial charge in [-0.25, -0.2) is 0 Å². The van der Waals surface area contributed by atoms with Crippen LogP contribution in [0.5, 0.6) is 0 Å². The van der Waals surface area contributed by atoms with Crippen LogP contribution in [0.2, 0.25) is 0 Å². The molecular formula is C6H11BrO. The molecule has 0 heterocycles. The van der Waals surface area contributed by atoms with Gasteiger partial charge in [0.05, 0.1) is 4.83 Å². The number of hydrogen-bond acceptors (Lipinski definition) is 1. The van der Waals surface area contributed by atoms with Gasteiger partial charge in [0.2, 0.25) is 0 Å². The van der Waals surface area contributed by atoms with Crippen molar-refractivity contribution in [3.8, 4) is 0 Å². The maximum Gasteiger partial charge on any atom is 0.134 e. The number of aldehydes is 1. The Balaban J connectivity index is 3.80. The molecule has 0 radical (unpaired) electrons. The van der Waals surface area contributed by atoms with Gasteiger partial charge in [-0.3, -0.25) is 0 Å². The van der Waals surface area contributed by atoms with Crippen LogP contribution in [0.4, 0.5) is 0 Å². The Kier molecular flexibility index (Phi) is 2.67. The molecule has 0 amide bonds. The minimum absolute atomic E-state index is 0.0185. The summed E-state index contributed by atoms with van der Waals surface area (Å²) in [6.07, 6.45) is 0.917. The number of alkyl halides is 1. The van der Waals surface area contributed by atoms with Gasteiger partial charge in [0.1, 0.15) is 6.29 Å². The molecule has 0 saturated carbocycles. The largest absolute Gasteiger partial charge is 0.302 e. The number of halogens is 1. The summed E-state index contributed by atoms with van der Waals surface area (Å²) in [6.45, 7) is 6.04. The van der Waals surface area contributed by atoms with E-state index in [9.17, 15) is 4.79 Å². The zero-order valence-corrected chi connectivity index (χ0v) is 7.03. The smallest absolute Gasteiger partial charge is 0.134 e. The van der Waals surface area contributed by atoms with Crippen molar-refractivity contribution < 1.29 is 4.79 Å². The quantitative estimate of drug-likeness (QED) is 0.444. The lowest BCUT2D eigenvalue weighted by Crippen LogP contribution is -2.20. The van der Waals surface area contributed by atoms with E-state index >= 15 is 0 Å². The van der Waals surface area contributed by atoms with Crippen LogP contribution >= 0.6 is 15.9 Å². The molecule has 0 saturated heterocycles. The predicted molar refractivity (Wildman–Crippen MR) is 38.2 cm³/mol. The third kappa shape index (κ3) is 2.46. The summed E-state index contributed by atoms with van der Waals surface area (Å²) in [5, 5.41) is 0. The monoisotopic (exact) mass is 178 g/mol. The number of carbonyl (C=O) groups excluding carboxylic acids is 1. The van der Waals surface area contributed by atoms with Gasteiger partial charge in [-0.05, 0) is 5.41 Å². The Hall–Kier alpha value is 0.150. The first-order chi connectivity index (χ1) is 3.48. The number of hydrogen-bond donors (Lipinski definition) is 0. The second-order valence-corrected chi connectivity index (χ2v) is 3.89. The third-order valence-electron chi connectivity index (χ3n) is 0.947. The SMILES string of the molecule is CC(C)(C)[C@H](Br)C=O. The Labute approximate surface area is 58.6 Å². The fourth-order valence-electron chi connectivity index (χ4n) is 0.204. The minimum atomic E-state index is -0.0185. The van der Waals surface area contributed by atoms with Crippen LogP contribution in [0.1, 0.15) is 20.8 Å². The molecule has 0 unspecified atom stereocenters. The average molecular weight is 179 g/mol. The summed E-state index contributed by atoms with van der Waals surface area (Å²) in [7, 11) is 0. The molecular weight excluding hydrogens is 168 g/mol. The highest BCUT2D eigenvalue weighted by molar-refractivity contribution is 9.10. The molecule has 0 aromatic carbocycles. The van der Waals surface area contributed by atoms with Crippen LogP contribution in [0.3, 0.4) is 0 Å². The maximum absolute atomic E-state index is 10.1. The van der Waals surface area contributed by atoms with Gasteiger partial charge in [0.15, 0.2) is 0 Å². The minimum Gasteiger partial charge on any atom is -0.302 e. The molecule has 0 N–H and O–H groups in total. The Morgan fingerprint density at radius 3 is 1.88 bits per heavy atom. The van der Waals surface area contributed by atoms with Crippen molar-refractivity contribution in [2.45, 2.75) is 25.6 Å². The van der Waals surface area contributed by atoms with Crippen LogP contribution in [0.15, 0.2) is 0 Å². The van der Waals surface area contributed by atoms with Gasteiger partial charge >= 0.3 is 0 Å². The van der Waals surface area contributed by atoms with Crippen LogP contribution in [0.25, 0.3) is 0 Å². The molecule has 0 aliphatic heterocycles. The first-order valence-electron chi connectivity index (χ1n) is 2.58. The van der Waals surface area contributed by atoms with E-state index < -0.39 is 0 Å². The molecule has 0 spiro atoms. The highest BCUT2D eigenvalue weighted by atomic mass is 79.9. The molecule has 1 atom stereocenters. The fourth-order valence-corrected chi connectivity index (χ4v) is 0.204. The third-order valence-corrected chi connectivity index (χ3v) is 2.54. The molecule has 0 fully saturated rings. The van der Waals surface area contributed by atoms with E-state index in [0.29, 0.717) is 0 Å². The molecule has 0 rings (SSSR count). The Morgan fingerprint density at radius 1 is 1.50 bits per heavy atom. The summed E-state index contributed by atoms with van der Waals surface area (Å²) >= 11 is 3.23. The van der Waals surface area contributed by atoms with Gasteiger partial charge in [-0.1, -0.05) is 36.7 Å².